The van der Waals surface area contributed by atoms with E-state index in [-0.39, 0.29) is 0 Å². The normalized spacial score (nSPS) is 10.5. The summed E-state index contributed by atoms with van der Waals surface area (Å²) in [7, 11) is 0. The molecule has 0 spiro atoms. The van der Waals surface area contributed by atoms with Crippen molar-refractivity contribution in [3.8, 4) is 6.07 Å². The first-order valence-corrected chi connectivity index (χ1v) is 4.33. The van der Waals surface area contributed by atoms with Crippen LogP contribution in [0.3, 0.4) is 0 Å². The highest BCUT2D eigenvalue weighted by atomic mass is 15.1. The van der Waals surface area contributed by atoms with Crippen LogP contribution in [-0.4, -0.2) is 24.0 Å². The van der Waals surface area contributed by atoms with E-state index in [0.29, 0.717) is 12.5 Å². The smallest absolute Gasteiger partial charge is 0.0635 e. The summed E-state index contributed by atoms with van der Waals surface area (Å²) in [6, 6.07) is 2.74. The topological polar surface area (TPSA) is 27.0 Å². The molecule has 2 heteroatoms. The van der Waals surface area contributed by atoms with Gasteiger partial charge in [0.25, 0.3) is 0 Å². The summed E-state index contributed by atoms with van der Waals surface area (Å²) in [4.78, 5) is 2.34. The van der Waals surface area contributed by atoms with Crippen molar-refractivity contribution in [1.29, 1.82) is 5.26 Å². The maximum absolute atomic E-state index is 8.39. The summed E-state index contributed by atoms with van der Waals surface area (Å²) in [5.74, 6) is 0. The number of hydrogen-bond acceptors (Lipinski definition) is 2. The van der Waals surface area contributed by atoms with Crippen LogP contribution in [0.1, 0.15) is 33.6 Å². The fourth-order valence-electron chi connectivity index (χ4n) is 1.11. The highest BCUT2D eigenvalue weighted by molar-refractivity contribution is 4.73. The Bertz CT molecular complexity index is 124. The summed E-state index contributed by atoms with van der Waals surface area (Å²) in [6.07, 6.45) is 1.82. The SMILES string of the molecule is CCCN(CCC#N)C(C)C. The zero-order chi connectivity index (χ0) is 8.69. The summed E-state index contributed by atoms with van der Waals surface area (Å²) < 4.78 is 0. The molecule has 0 aromatic heterocycles. The summed E-state index contributed by atoms with van der Waals surface area (Å²) in [5.41, 5.74) is 0. The minimum absolute atomic E-state index is 0.572. The van der Waals surface area contributed by atoms with Crippen molar-refractivity contribution >= 4 is 0 Å². The number of nitrogens with zero attached hydrogens (tertiary/aromatic N) is 2. The van der Waals surface area contributed by atoms with Gasteiger partial charge in [0.1, 0.15) is 0 Å². The summed E-state index contributed by atoms with van der Waals surface area (Å²) >= 11 is 0. The van der Waals surface area contributed by atoms with Crippen LogP contribution in [0.5, 0.6) is 0 Å². The molecule has 0 saturated heterocycles. The Labute approximate surface area is 69.8 Å². The van der Waals surface area contributed by atoms with Crippen LogP contribution in [0.2, 0.25) is 0 Å². The third kappa shape index (κ3) is 4.80. The van der Waals surface area contributed by atoms with E-state index < -0.39 is 0 Å². The lowest BCUT2D eigenvalue weighted by Crippen LogP contribution is -2.32. The van der Waals surface area contributed by atoms with Gasteiger partial charge in [-0.25, -0.2) is 0 Å². The molecule has 0 aromatic carbocycles. The van der Waals surface area contributed by atoms with Gasteiger partial charge in [-0.05, 0) is 26.8 Å². The minimum atomic E-state index is 0.572. The van der Waals surface area contributed by atoms with Gasteiger partial charge in [0, 0.05) is 19.0 Å². The van der Waals surface area contributed by atoms with Crippen LogP contribution in [0, 0.1) is 11.3 Å². The molecular formula is C9H18N2. The number of rotatable bonds is 5. The predicted octanol–water partition coefficient (Wildman–Crippen LogP) is 2.02. The molecule has 0 aliphatic carbocycles. The monoisotopic (exact) mass is 154 g/mol. The zero-order valence-electron chi connectivity index (χ0n) is 7.80. The van der Waals surface area contributed by atoms with Gasteiger partial charge in [-0.1, -0.05) is 6.92 Å². The lowest BCUT2D eigenvalue weighted by molar-refractivity contribution is 0.227. The Morgan fingerprint density at radius 3 is 2.36 bits per heavy atom. The zero-order valence-corrected chi connectivity index (χ0v) is 7.80. The van der Waals surface area contributed by atoms with Crippen molar-refractivity contribution in [1.82, 2.24) is 4.90 Å². The van der Waals surface area contributed by atoms with Gasteiger partial charge in [-0.2, -0.15) is 5.26 Å². The highest BCUT2D eigenvalue weighted by Crippen LogP contribution is 1.99. The van der Waals surface area contributed by atoms with Gasteiger partial charge < -0.3 is 0 Å². The first kappa shape index (κ1) is 10.4. The van der Waals surface area contributed by atoms with Gasteiger partial charge in [-0.3, -0.25) is 4.90 Å². The lowest BCUT2D eigenvalue weighted by Gasteiger charge is -2.24. The molecule has 11 heavy (non-hydrogen) atoms. The van der Waals surface area contributed by atoms with Crippen molar-refractivity contribution < 1.29 is 0 Å². The van der Waals surface area contributed by atoms with Crippen molar-refractivity contribution in [2.24, 2.45) is 0 Å². The van der Waals surface area contributed by atoms with E-state index in [0.717, 1.165) is 13.1 Å². The average molecular weight is 154 g/mol. The molecule has 64 valence electrons. The van der Waals surface area contributed by atoms with E-state index in [2.05, 4.69) is 31.7 Å². The summed E-state index contributed by atoms with van der Waals surface area (Å²) in [5, 5.41) is 8.39. The second-order valence-electron chi connectivity index (χ2n) is 3.04. The molecule has 0 fully saturated rings. The Balaban J connectivity index is 3.62. The maximum atomic E-state index is 8.39. The van der Waals surface area contributed by atoms with Crippen molar-refractivity contribution in [3.05, 3.63) is 0 Å². The molecule has 0 aromatic rings. The first-order chi connectivity index (χ1) is 5.22. The number of nitriles is 1. The Hall–Kier alpha value is -0.550. The van der Waals surface area contributed by atoms with Crippen molar-refractivity contribution in [2.45, 2.75) is 39.7 Å². The maximum Gasteiger partial charge on any atom is 0.0635 e. The molecule has 0 atom stereocenters. The Morgan fingerprint density at radius 2 is 2.00 bits per heavy atom. The fourth-order valence-corrected chi connectivity index (χ4v) is 1.11. The van der Waals surface area contributed by atoms with Crippen LogP contribution in [0.15, 0.2) is 0 Å². The van der Waals surface area contributed by atoms with Crippen molar-refractivity contribution in [2.75, 3.05) is 13.1 Å². The highest BCUT2D eigenvalue weighted by Gasteiger charge is 2.06. The minimum Gasteiger partial charge on any atom is -0.300 e. The molecule has 0 saturated carbocycles. The van der Waals surface area contributed by atoms with Gasteiger partial charge in [0.15, 0.2) is 0 Å². The van der Waals surface area contributed by atoms with Crippen LogP contribution < -0.4 is 0 Å². The quantitative estimate of drug-likeness (QED) is 0.605. The van der Waals surface area contributed by atoms with Gasteiger partial charge in [0.2, 0.25) is 0 Å². The molecule has 0 unspecified atom stereocenters. The van der Waals surface area contributed by atoms with Crippen LogP contribution >= 0.6 is 0 Å². The first-order valence-electron chi connectivity index (χ1n) is 4.33. The second kappa shape index (κ2) is 6.18. The third-order valence-corrected chi connectivity index (χ3v) is 1.75. The standard InChI is InChI=1S/C9H18N2/c1-4-7-11(9(2)3)8-5-6-10/h9H,4-5,7-8H2,1-3H3. The molecular weight excluding hydrogens is 136 g/mol. The number of hydrogen-bond donors (Lipinski definition) is 0. The molecule has 0 heterocycles. The average Bonchev–Trinajstić information content (AvgIpc) is 1.97. The van der Waals surface area contributed by atoms with E-state index >= 15 is 0 Å². The van der Waals surface area contributed by atoms with E-state index in [9.17, 15) is 0 Å². The second-order valence-corrected chi connectivity index (χ2v) is 3.04. The molecule has 2 nitrogen and oxygen atoms in total. The van der Waals surface area contributed by atoms with Crippen LogP contribution in [-0.2, 0) is 0 Å². The predicted molar refractivity (Wildman–Crippen MR) is 47.2 cm³/mol. The Morgan fingerprint density at radius 1 is 1.36 bits per heavy atom. The van der Waals surface area contributed by atoms with Crippen LogP contribution in [0.4, 0.5) is 0 Å². The van der Waals surface area contributed by atoms with Gasteiger partial charge in [-0.15, -0.1) is 0 Å². The largest absolute Gasteiger partial charge is 0.300 e. The molecule has 0 radical (unpaired) electrons. The molecule has 0 N–H and O–H groups in total. The van der Waals surface area contributed by atoms with Gasteiger partial charge in [0.05, 0.1) is 6.07 Å². The Kier molecular flexibility index (Phi) is 5.87. The van der Waals surface area contributed by atoms with Gasteiger partial charge >= 0.3 is 0 Å². The van der Waals surface area contributed by atoms with Crippen molar-refractivity contribution in [3.63, 3.8) is 0 Å². The summed E-state index contributed by atoms with van der Waals surface area (Å²) in [6.45, 7) is 8.54. The van der Waals surface area contributed by atoms with Crippen LogP contribution in [0.25, 0.3) is 0 Å². The lowest BCUT2D eigenvalue weighted by atomic mass is 10.2. The molecule has 0 bridgehead atoms. The molecule has 0 rings (SSSR count). The fraction of sp³-hybridized carbons (Fsp3) is 0.889. The van der Waals surface area contributed by atoms with E-state index in [1.807, 2.05) is 0 Å². The third-order valence-electron chi connectivity index (χ3n) is 1.75. The van der Waals surface area contributed by atoms with E-state index in [1.165, 1.54) is 6.42 Å². The van der Waals surface area contributed by atoms with E-state index in [4.69, 9.17) is 5.26 Å². The molecule has 0 aliphatic rings. The van der Waals surface area contributed by atoms with E-state index in [1.54, 1.807) is 0 Å². The molecule has 0 aliphatic heterocycles. The molecule has 0 amide bonds.